The molecule has 4 atom stereocenters. The highest BCUT2D eigenvalue weighted by molar-refractivity contribution is 5.42. The fourth-order valence-corrected chi connectivity index (χ4v) is 5.25. The zero-order chi connectivity index (χ0) is 12.2. The van der Waals surface area contributed by atoms with Crippen molar-refractivity contribution in [2.75, 3.05) is 0 Å². The Bertz CT molecular complexity index is 485. The molecular weight excluding hydrogens is 224 g/mol. The molecule has 1 saturated carbocycles. The molecule has 5 aliphatic rings. The number of epoxide rings is 2. The van der Waals surface area contributed by atoms with Crippen LogP contribution in [0.4, 0.5) is 0 Å². The van der Waals surface area contributed by atoms with E-state index in [1.807, 2.05) is 0 Å². The molecule has 0 bridgehead atoms. The Kier molecular flexibility index (Phi) is 1.42. The average Bonchev–Trinajstić information content (AvgIpc) is 3.10. The highest BCUT2D eigenvalue weighted by Gasteiger charge is 2.86. The van der Waals surface area contributed by atoms with Crippen molar-refractivity contribution >= 4 is 0 Å². The zero-order valence-corrected chi connectivity index (χ0v) is 11.2. The molecule has 2 nitrogen and oxygen atoms in total. The molecule has 3 fully saturated rings. The van der Waals surface area contributed by atoms with Gasteiger partial charge in [-0.15, -0.1) is 0 Å². The van der Waals surface area contributed by atoms with Gasteiger partial charge in [0, 0.05) is 25.7 Å². The number of hydrogen-bond acceptors (Lipinski definition) is 2. The van der Waals surface area contributed by atoms with Crippen molar-refractivity contribution in [2.45, 2.75) is 74.8 Å². The van der Waals surface area contributed by atoms with Crippen molar-refractivity contribution in [3.8, 4) is 0 Å². The smallest absolute Gasteiger partial charge is 0.105 e. The van der Waals surface area contributed by atoms with Gasteiger partial charge in [0.2, 0.25) is 0 Å². The van der Waals surface area contributed by atoms with E-state index < -0.39 is 0 Å². The fraction of sp³-hybridized carbons (Fsp3) is 0.750. The second kappa shape index (κ2) is 2.51. The van der Waals surface area contributed by atoms with Gasteiger partial charge in [-0.25, -0.2) is 0 Å². The minimum atomic E-state index is 0.143. The van der Waals surface area contributed by atoms with Gasteiger partial charge >= 0.3 is 0 Å². The van der Waals surface area contributed by atoms with Crippen molar-refractivity contribution < 1.29 is 9.47 Å². The maximum absolute atomic E-state index is 6.35. The summed E-state index contributed by atoms with van der Waals surface area (Å²) in [5.74, 6) is 0. The lowest BCUT2D eigenvalue weighted by atomic mass is 9.60. The van der Waals surface area contributed by atoms with Crippen molar-refractivity contribution in [3.05, 3.63) is 23.3 Å². The lowest BCUT2D eigenvalue weighted by molar-refractivity contribution is 0.180. The van der Waals surface area contributed by atoms with E-state index in [1.54, 1.807) is 0 Å². The first kappa shape index (κ1) is 10.2. The van der Waals surface area contributed by atoms with Crippen LogP contribution < -0.4 is 0 Å². The SMILES string of the molecule is CC1=CC[C@@]23C[C@]45CC(C)=CC[C@@]4(C[C@@]2(C1)O3)O5. The van der Waals surface area contributed by atoms with E-state index in [9.17, 15) is 0 Å². The maximum atomic E-state index is 6.35. The molecule has 96 valence electrons. The first-order valence-electron chi connectivity index (χ1n) is 7.25. The van der Waals surface area contributed by atoms with E-state index in [1.165, 1.54) is 11.1 Å². The number of ether oxygens (including phenoxy) is 2. The maximum Gasteiger partial charge on any atom is 0.105 e. The Morgan fingerprint density at radius 3 is 1.67 bits per heavy atom. The van der Waals surface area contributed by atoms with Gasteiger partial charge in [0.1, 0.15) is 22.4 Å². The molecule has 0 spiro atoms. The van der Waals surface area contributed by atoms with Gasteiger partial charge in [0.05, 0.1) is 0 Å². The van der Waals surface area contributed by atoms with Crippen molar-refractivity contribution in [2.24, 2.45) is 0 Å². The van der Waals surface area contributed by atoms with Gasteiger partial charge in [-0.2, -0.15) is 0 Å². The lowest BCUT2D eigenvalue weighted by Crippen LogP contribution is -2.46. The summed E-state index contributed by atoms with van der Waals surface area (Å²) >= 11 is 0. The van der Waals surface area contributed by atoms with Gasteiger partial charge in [0.15, 0.2) is 0 Å². The van der Waals surface area contributed by atoms with Crippen LogP contribution in [0.15, 0.2) is 23.3 Å². The van der Waals surface area contributed by atoms with Crippen LogP contribution in [-0.2, 0) is 9.47 Å². The summed E-state index contributed by atoms with van der Waals surface area (Å²) < 4.78 is 12.7. The molecule has 3 aliphatic carbocycles. The van der Waals surface area contributed by atoms with Gasteiger partial charge < -0.3 is 9.47 Å². The van der Waals surface area contributed by atoms with E-state index in [-0.39, 0.29) is 22.4 Å². The molecule has 0 N–H and O–H groups in total. The molecule has 0 radical (unpaired) electrons. The summed E-state index contributed by atoms with van der Waals surface area (Å²) in [6.07, 6.45) is 11.6. The first-order chi connectivity index (χ1) is 8.53. The van der Waals surface area contributed by atoms with Crippen LogP contribution in [0.3, 0.4) is 0 Å². The zero-order valence-electron chi connectivity index (χ0n) is 11.2. The molecule has 0 unspecified atom stereocenters. The summed E-state index contributed by atoms with van der Waals surface area (Å²) in [4.78, 5) is 0. The minimum Gasteiger partial charge on any atom is -0.362 e. The molecule has 0 aromatic rings. The quantitative estimate of drug-likeness (QED) is 0.482. The summed E-state index contributed by atoms with van der Waals surface area (Å²) in [5.41, 5.74) is 3.59. The average molecular weight is 244 g/mol. The lowest BCUT2D eigenvalue weighted by Gasteiger charge is -2.36. The topological polar surface area (TPSA) is 25.1 Å². The second-order valence-corrected chi connectivity index (χ2v) is 7.40. The molecule has 5 rings (SSSR count). The van der Waals surface area contributed by atoms with Crippen LogP contribution in [0.1, 0.15) is 52.4 Å². The third kappa shape index (κ3) is 0.905. The normalized spacial score (nSPS) is 59.4. The first-order valence-corrected chi connectivity index (χ1v) is 7.25. The van der Waals surface area contributed by atoms with Crippen LogP contribution in [0.2, 0.25) is 0 Å². The third-order valence-corrected chi connectivity index (χ3v) is 6.19. The minimum absolute atomic E-state index is 0.143. The standard InChI is InChI=1S/C16H20O2/c1-11-3-5-13-10-16-8-12(2)4-6-14(16,18-16)9-15(13,7-11)17-13/h3-4H,5-10H2,1-2H3/t13-,14+,15-,16-/m1/s1. The Balaban J connectivity index is 1.57. The molecule has 0 amide bonds. The third-order valence-electron chi connectivity index (χ3n) is 6.19. The van der Waals surface area contributed by atoms with E-state index >= 15 is 0 Å². The molecule has 2 heteroatoms. The number of hydrogen-bond donors (Lipinski definition) is 0. The van der Waals surface area contributed by atoms with E-state index in [0.717, 1.165) is 38.5 Å². The molecule has 0 aromatic carbocycles. The number of rotatable bonds is 0. The Morgan fingerprint density at radius 2 is 1.22 bits per heavy atom. The van der Waals surface area contributed by atoms with Crippen LogP contribution in [0, 0.1) is 0 Å². The largest absolute Gasteiger partial charge is 0.362 e. The van der Waals surface area contributed by atoms with Crippen molar-refractivity contribution in [1.82, 2.24) is 0 Å². The van der Waals surface area contributed by atoms with Crippen LogP contribution in [0.25, 0.3) is 0 Å². The summed E-state index contributed by atoms with van der Waals surface area (Å²) in [6.45, 7) is 4.50. The molecule has 2 saturated heterocycles. The van der Waals surface area contributed by atoms with Gasteiger partial charge in [-0.3, -0.25) is 0 Å². The van der Waals surface area contributed by atoms with Crippen LogP contribution >= 0.6 is 0 Å². The van der Waals surface area contributed by atoms with Gasteiger partial charge in [-0.05, 0) is 26.7 Å². The van der Waals surface area contributed by atoms with Crippen LogP contribution in [-0.4, -0.2) is 22.4 Å². The highest BCUT2D eigenvalue weighted by Crippen LogP contribution is 2.77. The monoisotopic (exact) mass is 244 g/mol. The molecule has 2 heterocycles. The fourth-order valence-electron chi connectivity index (χ4n) is 5.25. The van der Waals surface area contributed by atoms with Gasteiger partial charge in [-0.1, -0.05) is 23.3 Å². The van der Waals surface area contributed by atoms with Crippen molar-refractivity contribution in [3.63, 3.8) is 0 Å². The Labute approximate surface area is 108 Å². The predicted molar refractivity (Wildman–Crippen MR) is 68.3 cm³/mol. The van der Waals surface area contributed by atoms with Gasteiger partial charge in [0.25, 0.3) is 0 Å². The Morgan fingerprint density at radius 1 is 0.778 bits per heavy atom. The summed E-state index contributed by atoms with van der Waals surface area (Å²) in [7, 11) is 0. The second-order valence-electron chi connectivity index (χ2n) is 7.40. The molecule has 0 aromatic heterocycles. The highest BCUT2D eigenvalue weighted by atomic mass is 16.7. The summed E-state index contributed by atoms with van der Waals surface area (Å²) in [5, 5.41) is 0. The van der Waals surface area contributed by atoms with E-state index in [0.29, 0.717) is 0 Å². The molecule has 2 aliphatic heterocycles. The molecular formula is C16H20O2. The summed E-state index contributed by atoms with van der Waals surface area (Å²) in [6, 6.07) is 0. The van der Waals surface area contributed by atoms with Crippen molar-refractivity contribution in [1.29, 1.82) is 0 Å². The Hall–Kier alpha value is -0.600. The molecule has 18 heavy (non-hydrogen) atoms. The van der Waals surface area contributed by atoms with E-state index in [2.05, 4.69) is 26.0 Å². The predicted octanol–water partition coefficient (Wildman–Crippen LogP) is 3.28. The van der Waals surface area contributed by atoms with Crippen LogP contribution in [0.5, 0.6) is 0 Å². The van der Waals surface area contributed by atoms with E-state index in [4.69, 9.17) is 9.47 Å².